The first-order valence-corrected chi connectivity index (χ1v) is 6.26. The summed E-state index contributed by atoms with van der Waals surface area (Å²) in [6.07, 6.45) is 6.95. The number of hydrogen-bond donors (Lipinski definition) is 1. The molecule has 90 valence electrons. The first-order valence-electron chi connectivity index (χ1n) is 6.26. The van der Waals surface area contributed by atoms with Gasteiger partial charge < -0.3 is 10.2 Å². The molecule has 1 aliphatic carbocycles. The van der Waals surface area contributed by atoms with E-state index in [0.29, 0.717) is 12.6 Å². The van der Waals surface area contributed by atoms with Crippen LogP contribution in [-0.4, -0.2) is 34.4 Å². The average Bonchev–Trinajstić information content (AvgIpc) is 3.11. The number of nitrogens with one attached hydrogen (secondary N) is 1. The molecule has 1 aromatic rings. The topological polar surface area (TPSA) is 45.2 Å². The Labute approximate surface area is 101 Å². The molecule has 1 saturated heterocycles. The Morgan fingerprint density at radius 3 is 2.76 bits per heavy atom. The van der Waals surface area contributed by atoms with Crippen molar-refractivity contribution >= 4 is 5.91 Å². The van der Waals surface area contributed by atoms with Crippen molar-refractivity contribution in [2.75, 3.05) is 6.54 Å². The highest BCUT2D eigenvalue weighted by atomic mass is 16.2. The van der Waals surface area contributed by atoms with Crippen molar-refractivity contribution in [1.82, 2.24) is 15.2 Å². The molecular formula is C13H17N3O. The van der Waals surface area contributed by atoms with Gasteiger partial charge in [0.05, 0.1) is 6.04 Å². The Hall–Kier alpha value is -1.42. The summed E-state index contributed by atoms with van der Waals surface area (Å²) < 4.78 is 0. The van der Waals surface area contributed by atoms with Gasteiger partial charge >= 0.3 is 0 Å². The van der Waals surface area contributed by atoms with E-state index in [1.807, 2.05) is 17.0 Å². The summed E-state index contributed by atoms with van der Waals surface area (Å²) in [6.45, 7) is 1.58. The van der Waals surface area contributed by atoms with Gasteiger partial charge in [-0.1, -0.05) is 0 Å². The van der Waals surface area contributed by atoms with Gasteiger partial charge in [-0.15, -0.1) is 0 Å². The predicted octanol–water partition coefficient (Wildman–Crippen LogP) is 0.934. The number of nitrogens with zero attached hydrogens (tertiary/aromatic N) is 2. The molecule has 4 heteroatoms. The van der Waals surface area contributed by atoms with Crippen LogP contribution in [0.25, 0.3) is 0 Å². The lowest BCUT2D eigenvalue weighted by Gasteiger charge is -2.17. The van der Waals surface area contributed by atoms with Gasteiger partial charge in [-0.05, 0) is 37.0 Å². The zero-order valence-corrected chi connectivity index (χ0v) is 9.80. The number of pyridine rings is 1. The van der Waals surface area contributed by atoms with Crippen molar-refractivity contribution in [3.05, 3.63) is 30.1 Å². The lowest BCUT2D eigenvalue weighted by molar-refractivity contribution is -0.129. The second-order valence-corrected chi connectivity index (χ2v) is 4.90. The molecule has 0 spiro atoms. The summed E-state index contributed by atoms with van der Waals surface area (Å²) in [5.41, 5.74) is 1.15. The molecule has 17 heavy (non-hydrogen) atoms. The van der Waals surface area contributed by atoms with E-state index in [-0.39, 0.29) is 11.9 Å². The van der Waals surface area contributed by atoms with Crippen LogP contribution in [0, 0.1) is 0 Å². The largest absolute Gasteiger partial charge is 0.337 e. The Morgan fingerprint density at radius 1 is 1.29 bits per heavy atom. The quantitative estimate of drug-likeness (QED) is 0.838. The van der Waals surface area contributed by atoms with Gasteiger partial charge in [0.1, 0.15) is 0 Å². The molecule has 0 aromatic carbocycles. The average molecular weight is 231 g/mol. The van der Waals surface area contributed by atoms with Gasteiger partial charge in [-0.2, -0.15) is 0 Å². The van der Waals surface area contributed by atoms with Gasteiger partial charge in [0.2, 0.25) is 5.91 Å². The predicted molar refractivity (Wildman–Crippen MR) is 64.2 cm³/mol. The molecule has 1 amide bonds. The first-order chi connectivity index (χ1) is 8.33. The first kappa shape index (κ1) is 10.7. The molecule has 1 aromatic heterocycles. The van der Waals surface area contributed by atoms with Crippen LogP contribution >= 0.6 is 0 Å². The number of likely N-dealkylation sites (tertiary alicyclic amines) is 1. The molecule has 1 saturated carbocycles. The van der Waals surface area contributed by atoms with E-state index in [9.17, 15) is 4.79 Å². The minimum absolute atomic E-state index is 0.0596. The van der Waals surface area contributed by atoms with Crippen LogP contribution in [0.1, 0.15) is 24.8 Å². The number of rotatable bonds is 4. The molecule has 0 radical (unpaired) electrons. The van der Waals surface area contributed by atoms with E-state index in [0.717, 1.165) is 18.5 Å². The van der Waals surface area contributed by atoms with Crippen LogP contribution in [0.5, 0.6) is 0 Å². The molecule has 1 unspecified atom stereocenters. The number of hydrogen-bond acceptors (Lipinski definition) is 3. The molecule has 2 heterocycles. The molecule has 3 rings (SSSR count). The number of aromatic nitrogens is 1. The van der Waals surface area contributed by atoms with Gasteiger partial charge in [0.25, 0.3) is 0 Å². The highest BCUT2D eigenvalue weighted by Crippen LogP contribution is 2.23. The Bertz CT molecular complexity index is 402. The lowest BCUT2D eigenvalue weighted by Crippen LogP contribution is -2.39. The zero-order chi connectivity index (χ0) is 11.7. The fraction of sp³-hybridized carbons (Fsp3) is 0.538. The van der Waals surface area contributed by atoms with E-state index >= 15 is 0 Å². The third kappa shape index (κ3) is 2.47. The van der Waals surface area contributed by atoms with Gasteiger partial charge in [-0.25, -0.2) is 0 Å². The van der Waals surface area contributed by atoms with Gasteiger partial charge in [-0.3, -0.25) is 9.78 Å². The van der Waals surface area contributed by atoms with E-state index in [1.165, 1.54) is 12.8 Å². The number of carbonyl (C=O) groups excluding carboxylic acids is 1. The third-order valence-electron chi connectivity index (χ3n) is 3.43. The van der Waals surface area contributed by atoms with Crippen LogP contribution in [0.3, 0.4) is 0 Å². The van der Waals surface area contributed by atoms with Crippen LogP contribution in [0.15, 0.2) is 24.5 Å². The maximum atomic E-state index is 12.1. The highest BCUT2D eigenvalue weighted by molar-refractivity contribution is 5.84. The summed E-state index contributed by atoms with van der Waals surface area (Å²) in [5, 5.41) is 3.41. The Kier molecular flexibility index (Phi) is 2.81. The minimum atomic E-state index is 0.0596. The molecule has 1 N–H and O–H groups in total. The van der Waals surface area contributed by atoms with E-state index in [1.54, 1.807) is 12.4 Å². The molecule has 2 aliphatic rings. The lowest BCUT2D eigenvalue weighted by atomic mass is 10.2. The summed E-state index contributed by atoms with van der Waals surface area (Å²) in [5.74, 6) is 0.258. The second-order valence-electron chi connectivity index (χ2n) is 4.90. The minimum Gasteiger partial charge on any atom is -0.337 e. The number of amides is 1. The standard InChI is InChI=1S/C13H17N3O/c17-13-12(15-11-1-2-11)5-8-16(13)9-10-3-6-14-7-4-10/h3-4,6-7,11-12,15H,1-2,5,8-9H2. The van der Waals surface area contributed by atoms with Crippen LogP contribution < -0.4 is 5.32 Å². The van der Waals surface area contributed by atoms with Crippen molar-refractivity contribution in [3.8, 4) is 0 Å². The molecule has 2 fully saturated rings. The Morgan fingerprint density at radius 2 is 2.06 bits per heavy atom. The smallest absolute Gasteiger partial charge is 0.240 e. The van der Waals surface area contributed by atoms with Crippen molar-refractivity contribution < 1.29 is 4.79 Å². The molecular weight excluding hydrogens is 214 g/mol. The monoisotopic (exact) mass is 231 g/mol. The molecule has 1 aliphatic heterocycles. The van der Waals surface area contributed by atoms with Crippen molar-refractivity contribution in [1.29, 1.82) is 0 Å². The zero-order valence-electron chi connectivity index (χ0n) is 9.80. The van der Waals surface area contributed by atoms with Crippen molar-refractivity contribution in [2.45, 2.75) is 37.9 Å². The fourth-order valence-corrected chi connectivity index (χ4v) is 2.29. The van der Waals surface area contributed by atoms with Gasteiger partial charge in [0, 0.05) is 31.5 Å². The van der Waals surface area contributed by atoms with Crippen molar-refractivity contribution in [3.63, 3.8) is 0 Å². The van der Waals surface area contributed by atoms with E-state index < -0.39 is 0 Å². The van der Waals surface area contributed by atoms with Crippen LogP contribution in [0.2, 0.25) is 0 Å². The summed E-state index contributed by atoms with van der Waals surface area (Å²) >= 11 is 0. The third-order valence-corrected chi connectivity index (χ3v) is 3.43. The normalized spacial score (nSPS) is 24.4. The summed E-state index contributed by atoms with van der Waals surface area (Å²) in [4.78, 5) is 18.0. The van der Waals surface area contributed by atoms with Crippen LogP contribution in [-0.2, 0) is 11.3 Å². The summed E-state index contributed by atoms with van der Waals surface area (Å²) in [6, 6.07) is 4.60. The maximum absolute atomic E-state index is 12.1. The van der Waals surface area contributed by atoms with Crippen LogP contribution in [0.4, 0.5) is 0 Å². The van der Waals surface area contributed by atoms with Gasteiger partial charge in [0.15, 0.2) is 0 Å². The highest BCUT2D eigenvalue weighted by Gasteiger charge is 2.35. The maximum Gasteiger partial charge on any atom is 0.240 e. The van der Waals surface area contributed by atoms with E-state index in [4.69, 9.17) is 0 Å². The van der Waals surface area contributed by atoms with E-state index in [2.05, 4.69) is 10.3 Å². The summed E-state index contributed by atoms with van der Waals surface area (Å²) in [7, 11) is 0. The number of carbonyl (C=O) groups is 1. The Balaban J connectivity index is 1.59. The molecule has 1 atom stereocenters. The molecule has 0 bridgehead atoms. The fourth-order valence-electron chi connectivity index (χ4n) is 2.29. The SMILES string of the molecule is O=C1C(NC2CC2)CCN1Cc1ccncc1. The molecule has 4 nitrogen and oxygen atoms in total. The van der Waals surface area contributed by atoms with Crippen molar-refractivity contribution in [2.24, 2.45) is 0 Å². The second kappa shape index (κ2) is 4.45.